The SMILES string of the molecule is CCCCCOc1ccc2cc(C)ccc2c1.CCCCOc1ccc2cc(C)ccc2c1.CCCOc1ccc2cc(C)ccc2c1.CCOc1ccc2cc(C)ccc2c1.Cc1ccc2cc(C)ccc2c1.Cc1ccc2cc(C)ccc2c1.Cc1ccc2cc(C)ccc2c1.Cc1ccc2cc(Cl)ccc2c1.Cc1ccc2cc(F)ccc2c1. The van der Waals surface area contributed by atoms with Crippen molar-refractivity contribution in [2.75, 3.05) is 26.4 Å². The fourth-order valence-corrected chi connectivity index (χ4v) is 14.3. The lowest BCUT2D eigenvalue weighted by Crippen LogP contribution is -1.96. The number of ether oxygens (including phenoxy) is 4. The van der Waals surface area contributed by atoms with E-state index >= 15 is 0 Å². The molecule has 18 aromatic rings. The van der Waals surface area contributed by atoms with E-state index < -0.39 is 0 Å². The molecular weight excluding hydrogens is 1510 g/mol. The molecule has 0 aliphatic rings. The zero-order valence-electron chi connectivity index (χ0n) is 74.6. The first-order valence-electron chi connectivity index (χ1n) is 43.2. The Morgan fingerprint density at radius 3 is 0.631 bits per heavy atom. The van der Waals surface area contributed by atoms with Gasteiger partial charge in [-0.3, -0.25) is 0 Å². The minimum atomic E-state index is -0.175. The van der Waals surface area contributed by atoms with Gasteiger partial charge in [0, 0.05) is 5.02 Å². The van der Waals surface area contributed by atoms with Gasteiger partial charge < -0.3 is 18.9 Å². The van der Waals surface area contributed by atoms with Crippen LogP contribution in [0.3, 0.4) is 0 Å². The number of hydrogen-bond acceptors (Lipinski definition) is 4. The summed E-state index contributed by atoms with van der Waals surface area (Å²) in [6.07, 6.45) is 6.96. The highest BCUT2D eigenvalue weighted by Crippen LogP contribution is 2.29. The second kappa shape index (κ2) is 47.1. The van der Waals surface area contributed by atoms with Gasteiger partial charge in [-0.25, -0.2) is 4.39 Å². The van der Waals surface area contributed by atoms with E-state index in [1.54, 1.807) is 12.1 Å². The zero-order valence-corrected chi connectivity index (χ0v) is 75.4. The number of benzene rings is 18. The molecule has 18 aromatic carbocycles. The van der Waals surface area contributed by atoms with Crippen LogP contribution in [0.25, 0.3) is 97.0 Å². The molecular formula is C116H122ClFO4. The summed E-state index contributed by atoms with van der Waals surface area (Å²) in [4.78, 5) is 0. The topological polar surface area (TPSA) is 36.9 Å². The lowest BCUT2D eigenvalue weighted by atomic mass is 10.1. The van der Waals surface area contributed by atoms with E-state index in [0.29, 0.717) is 0 Å². The lowest BCUT2D eigenvalue weighted by molar-refractivity contribution is 0.306. The van der Waals surface area contributed by atoms with Gasteiger partial charge in [0.25, 0.3) is 0 Å². The first-order chi connectivity index (χ1) is 58.9. The summed E-state index contributed by atoms with van der Waals surface area (Å²) >= 11 is 5.86. The molecule has 0 fully saturated rings. The van der Waals surface area contributed by atoms with Crippen LogP contribution in [0.5, 0.6) is 23.0 Å². The van der Waals surface area contributed by atoms with Gasteiger partial charge in [-0.15, -0.1) is 0 Å². The van der Waals surface area contributed by atoms with E-state index in [4.69, 9.17) is 30.5 Å². The monoisotopic (exact) mass is 1630 g/mol. The molecule has 122 heavy (non-hydrogen) atoms. The average molecular weight is 1630 g/mol. The van der Waals surface area contributed by atoms with Crippen molar-refractivity contribution in [1.82, 2.24) is 0 Å². The van der Waals surface area contributed by atoms with Crippen LogP contribution < -0.4 is 18.9 Å². The minimum absolute atomic E-state index is 0.175. The molecule has 0 N–H and O–H groups in total. The molecule has 6 heteroatoms. The van der Waals surface area contributed by atoms with E-state index in [0.717, 1.165) is 84.5 Å². The van der Waals surface area contributed by atoms with Gasteiger partial charge in [0.05, 0.1) is 26.4 Å². The Hall–Kier alpha value is -12.3. The normalized spacial score (nSPS) is 10.5. The van der Waals surface area contributed by atoms with Crippen LogP contribution in [0.1, 0.15) is 133 Å². The largest absolute Gasteiger partial charge is 0.494 e. The Labute approximate surface area is 730 Å². The van der Waals surface area contributed by atoms with E-state index in [1.807, 2.05) is 56.3 Å². The van der Waals surface area contributed by atoms with Gasteiger partial charge in [0.2, 0.25) is 0 Å². The predicted molar refractivity (Wildman–Crippen MR) is 530 cm³/mol. The number of hydrogen-bond donors (Lipinski definition) is 0. The summed E-state index contributed by atoms with van der Waals surface area (Å²) in [5.74, 6) is 3.70. The molecule has 0 unspecified atom stereocenters. The number of halogens is 2. The van der Waals surface area contributed by atoms with Crippen LogP contribution in [0.2, 0.25) is 5.02 Å². The van der Waals surface area contributed by atoms with Crippen molar-refractivity contribution >= 4 is 109 Å². The summed E-state index contributed by atoms with van der Waals surface area (Å²) in [5, 5.41) is 23.4. The molecule has 18 rings (SSSR count). The first kappa shape index (κ1) is 92.0. The molecule has 0 aliphatic heterocycles. The van der Waals surface area contributed by atoms with Crippen molar-refractivity contribution in [2.45, 2.75) is 149 Å². The molecule has 624 valence electrons. The molecule has 0 radical (unpaired) electrons. The number of unbranched alkanes of at least 4 members (excludes halogenated alkanes) is 3. The van der Waals surface area contributed by atoms with E-state index in [-0.39, 0.29) is 5.82 Å². The van der Waals surface area contributed by atoms with Crippen molar-refractivity contribution in [3.8, 4) is 23.0 Å². The molecule has 0 spiro atoms. The quantitative estimate of drug-likeness (QED) is 0.102. The van der Waals surface area contributed by atoms with E-state index in [2.05, 4.69) is 364 Å². The van der Waals surface area contributed by atoms with Crippen LogP contribution in [-0.4, -0.2) is 26.4 Å². The van der Waals surface area contributed by atoms with Crippen molar-refractivity contribution in [3.63, 3.8) is 0 Å². The zero-order chi connectivity index (χ0) is 86.9. The Morgan fingerprint density at radius 2 is 0.385 bits per heavy atom. The summed E-state index contributed by atoms with van der Waals surface area (Å²) in [6, 6.07) is 113. The van der Waals surface area contributed by atoms with Crippen molar-refractivity contribution in [1.29, 1.82) is 0 Å². The fraction of sp³-hybridized carbons (Fsp3) is 0.224. The van der Waals surface area contributed by atoms with E-state index in [9.17, 15) is 4.39 Å². The van der Waals surface area contributed by atoms with Crippen LogP contribution in [0.4, 0.5) is 4.39 Å². The molecule has 0 saturated carbocycles. The lowest BCUT2D eigenvalue weighted by Gasteiger charge is -2.07. The van der Waals surface area contributed by atoms with Gasteiger partial charge >= 0.3 is 0 Å². The second-order valence-corrected chi connectivity index (χ2v) is 32.6. The summed E-state index contributed by atoms with van der Waals surface area (Å²) in [5.41, 5.74) is 15.6. The van der Waals surface area contributed by atoms with Crippen LogP contribution >= 0.6 is 11.6 Å². The summed E-state index contributed by atoms with van der Waals surface area (Å²) in [7, 11) is 0. The minimum Gasteiger partial charge on any atom is -0.494 e. The number of aryl methyl sites for hydroxylation is 12. The third-order valence-corrected chi connectivity index (χ3v) is 21.0. The van der Waals surface area contributed by atoms with Crippen LogP contribution in [-0.2, 0) is 0 Å². The Morgan fingerprint density at radius 1 is 0.189 bits per heavy atom. The van der Waals surface area contributed by atoms with Crippen molar-refractivity contribution in [3.05, 3.63) is 405 Å². The molecule has 0 saturated heterocycles. The fourth-order valence-electron chi connectivity index (χ4n) is 14.1. The standard InChI is InChI=1S/C16H20O.C15H18O.C14H16O.C13H14O.3C12H12.C11H9Cl.C11H9F/c1-3-4-5-10-17-16-9-8-14-11-13(2)6-7-15(14)12-16;1-3-4-9-16-15-8-7-13-10-12(2)5-6-14(13)11-15;1-3-8-15-14-7-6-12-9-11(2)4-5-13(12)10-14;1-3-14-13-7-6-11-8-10(2)4-5-12(11)9-13;3*1-9-3-5-12-8-10(2)4-6-11(12)7-9;2*1-8-2-3-10-7-11(12)5-4-9(10)6-8/h6-9,11-12H,3-5,10H2,1-2H3;5-8,10-11H,3-4,9H2,1-2H3;4-7,9-10H,3,8H2,1-2H3;4-9H,3H2,1-2H3;3*3-8H,1-2H3;2*2-7H,1H3. The van der Waals surface area contributed by atoms with Crippen molar-refractivity contribution < 1.29 is 23.3 Å². The maximum atomic E-state index is 12.7. The Balaban J connectivity index is 0.000000144. The van der Waals surface area contributed by atoms with Crippen molar-refractivity contribution in [2.24, 2.45) is 0 Å². The number of rotatable bonds is 14. The third-order valence-electron chi connectivity index (χ3n) is 20.8. The first-order valence-corrected chi connectivity index (χ1v) is 43.6. The van der Waals surface area contributed by atoms with E-state index in [1.165, 1.54) is 178 Å². The molecule has 0 amide bonds. The van der Waals surface area contributed by atoms with Gasteiger partial charge in [-0.05, 0) is 279 Å². The second-order valence-electron chi connectivity index (χ2n) is 32.1. The maximum absolute atomic E-state index is 12.7. The van der Waals surface area contributed by atoms with Gasteiger partial charge in [0.15, 0.2) is 0 Å². The molecule has 0 aromatic heterocycles. The van der Waals surface area contributed by atoms with Gasteiger partial charge in [0.1, 0.15) is 28.8 Å². The highest BCUT2D eigenvalue weighted by Gasteiger charge is 2.05. The smallest absolute Gasteiger partial charge is 0.123 e. The van der Waals surface area contributed by atoms with Gasteiger partial charge in [-0.2, -0.15) is 0 Å². The summed E-state index contributed by atoms with van der Waals surface area (Å²) in [6.45, 7) is 37.0. The predicted octanol–water partition coefficient (Wildman–Crippen LogP) is 34.0. The molecule has 4 nitrogen and oxygen atoms in total. The molecule has 0 heterocycles. The maximum Gasteiger partial charge on any atom is 0.123 e. The van der Waals surface area contributed by atoms with Gasteiger partial charge in [-0.1, -0.05) is 373 Å². The highest BCUT2D eigenvalue weighted by atomic mass is 35.5. The summed E-state index contributed by atoms with van der Waals surface area (Å²) < 4.78 is 35.2. The van der Waals surface area contributed by atoms with Crippen LogP contribution in [0.15, 0.2) is 328 Å². The highest BCUT2D eigenvalue weighted by molar-refractivity contribution is 6.31. The molecule has 0 aliphatic carbocycles. The van der Waals surface area contributed by atoms with Crippen LogP contribution in [0, 0.1) is 88.9 Å². The Bertz CT molecular complexity index is 5730. The molecule has 0 bridgehead atoms. The Kier molecular flexibility index (Phi) is 35.5. The third kappa shape index (κ3) is 29.6. The molecule has 0 atom stereocenters. The number of fused-ring (bicyclic) bond motifs is 9. The average Bonchev–Trinajstić information content (AvgIpc) is 0.847.